The molecular formula is C19H18O7. The first kappa shape index (κ1) is 18.1. The van der Waals surface area contributed by atoms with Crippen molar-refractivity contribution in [3.63, 3.8) is 0 Å². The van der Waals surface area contributed by atoms with E-state index in [1.807, 2.05) is 0 Å². The fourth-order valence-electron chi connectivity index (χ4n) is 2.58. The number of carbonyl (C=O) groups is 2. The van der Waals surface area contributed by atoms with Crippen molar-refractivity contribution < 1.29 is 34.0 Å². The summed E-state index contributed by atoms with van der Waals surface area (Å²) in [5.74, 6) is -1.26. The van der Waals surface area contributed by atoms with Crippen LogP contribution in [0, 0.1) is 0 Å². The maximum Gasteiger partial charge on any atom is 0.338 e. The van der Waals surface area contributed by atoms with Gasteiger partial charge >= 0.3 is 11.9 Å². The number of hydrogen-bond donors (Lipinski definition) is 2. The first-order chi connectivity index (χ1) is 12.6. The molecule has 0 amide bonds. The summed E-state index contributed by atoms with van der Waals surface area (Å²) in [6, 6.07) is 16.6. The lowest BCUT2D eigenvalue weighted by atomic mass is 10.1. The van der Waals surface area contributed by atoms with Crippen molar-refractivity contribution in [1.82, 2.24) is 0 Å². The Labute approximate surface area is 149 Å². The van der Waals surface area contributed by atoms with Crippen molar-refractivity contribution in [3.8, 4) is 0 Å². The van der Waals surface area contributed by atoms with E-state index in [1.165, 1.54) is 0 Å². The van der Waals surface area contributed by atoms with E-state index in [2.05, 4.69) is 0 Å². The van der Waals surface area contributed by atoms with Crippen molar-refractivity contribution in [2.45, 2.75) is 24.6 Å². The summed E-state index contributed by atoms with van der Waals surface area (Å²) in [6.45, 7) is -0.283. The molecule has 0 spiro atoms. The quantitative estimate of drug-likeness (QED) is 0.773. The Hall–Kier alpha value is -2.74. The molecule has 1 aliphatic rings. The van der Waals surface area contributed by atoms with Gasteiger partial charge in [0, 0.05) is 0 Å². The smallest absolute Gasteiger partial charge is 0.338 e. The van der Waals surface area contributed by atoms with Gasteiger partial charge in [-0.05, 0) is 24.3 Å². The fourth-order valence-corrected chi connectivity index (χ4v) is 2.58. The van der Waals surface area contributed by atoms with Crippen LogP contribution in [-0.4, -0.2) is 53.4 Å². The summed E-state index contributed by atoms with van der Waals surface area (Å²) >= 11 is 0. The average molecular weight is 358 g/mol. The van der Waals surface area contributed by atoms with Gasteiger partial charge in [0.1, 0.15) is 18.8 Å². The van der Waals surface area contributed by atoms with Crippen LogP contribution in [0.25, 0.3) is 0 Å². The first-order valence-electron chi connectivity index (χ1n) is 8.06. The standard InChI is InChI=1S/C19H18O7/c20-15-16(26-18(22)13-9-5-2-6-10-13)14(25-19(15)23)11-24-17(21)12-7-3-1-4-8-12/h1-10,14-16,19-20,23H,11H2/t14-,15?,16?,19-/m1/s1. The largest absolute Gasteiger partial charge is 0.459 e. The van der Waals surface area contributed by atoms with Crippen molar-refractivity contribution in [1.29, 1.82) is 0 Å². The van der Waals surface area contributed by atoms with Crippen LogP contribution in [0.4, 0.5) is 0 Å². The van der Waals surface area contributed by atoms with Gasteiger partial charge in [0.05, 0.1) is 11.1 Å². The Kier molecular flexibility index (Phi) is 5.62. The van der Waals surface area contributed by atoms with E-state index in [9.17, 15) is 19.8 Å². The summed E-state index contributed by atoms with van der Waals surface area (Å²) in [6.07, 6.45) is -5.13. The number of benzene rings is 2. The van der Waals surface area contributed by atoms with Gasteiger partial charge in [-0.3, -0.25) is 0 Å². The number of hydrogen-bond acceptors (Lipinski definition) is 7. The highest BCUT2D eigenvalue weighted by Crippen LogP contribution is 2.24. The molecule has 1 heterocycles. The van der Waals surface area contributed by atoms with E-state index in [-0.39, 0.29) is 6.61 Å². The van der Waals surface area contributed by atoms with Gasteiger partial charge in [-0.2, -0.15) is 0 Å². The Morgan fingerprint density at radius 1 is 0.885 bits per heavy atom. The van der Waals surface area contributed by atoms with E-state index in [1.54, 1.807) is 60.7 Å². The molecule has 0 radical (unpaired) electrons. The van der Waals surface area contributed by atoms with Crippen LogP contribution >= 0.6 is 0 Å². The highest BCUT2D eigenvalue weighted by molar-refractivity contribution is 5.90. The maximum atomic E-state index is 12.2. The number of aliphatic hydroxyl groups excluding tert-OH is 2. The zero-order valence-electron chi connectivity index (χ0n) is 13.7. The van der Waals surface area contributed by atoms with E-state index in [4.69, 9.17) is 14.2 Å². The zero-order valence-corrected chi connectivity index (χ0v) is 13.7. The molecule has 1 saturated heterocycles. The Morgan fingerprint density at radius 2 is 1.42 bits per heavy atom. The van der Waals surface area contributed by atoms with E-state index in [0.29, 0.717) is 11.1 Å². The Balaban J connectivity index is 1.63. The van der Waals surface area contributed by atoms with Gasteiger partial charge in [0.15, 0.2) is 12.4 Å². The molecule has 0 saturated carbocycles. The van der Waals surface area contributed by atoms with Gasteiger partial charge in [-0.1, -0.05) is 36.4 Å². The highest BCUT2D eigenvalue weighted by atomic mass is 16.7. The third-order valence-electron chi connectivity index (χ3n) is 3.95. The van der Waals surface area contributed by atoms with Crippen LogP contribution in [0.2, 0.25) is 0 Å². The van der Waals surface area contributed by atoms with E-state index >= 15 is 0 Å². The van der Waals surface area contributed by atoms with Crippen LogP contribution in [0.15, 0.2) is 60.7 Å². The summed E-state index contributed by atoms with van der Waals surface area (Å²) in [5.41, 5.74) is 0.644. The second-order valence-electron chi connectivity index (χ2n) is 5.76. The maximum absolute atomic E-state index is 12.2. The Morgan fingerprint density at radius 3 is 2.00 bits per heavy atom. The topological polar surface area (TPSA) is 102 Å². The third-order valence-corrected chi connectivity index (χ3v) is 3.95. The highest BCUT2D eigenvalue weighted by Gasteiger charge is 2.46. The molecule has 1 aliphatic heterocycles. The summed E-state index contributed by atoms with van der Waals surface area (Å²) in [7, 11) is 0. The fraction of sp³-hybridized carbons (Fsp3) is 0.263. The normalized spacial score (nSPS) is 24.8. The lowest BCUT2D eigenvalue weighted by molar-refractivity contribution is -0.133. The molecule has 7 heteroatoms. The lowest BCUT2D eigenvalue weighted by Crippen LogP contribution is -2.39. The minimum Gasteiger partial charge on any atom is -0.459 e. The summed E-state index contributed by atoms with van der Waals surface area (Å²) in [5, 5.41) is 19.7. The average Bonchev–Trinajstić information content (AvgIpc) is 2.95. The van der Waals surface area contributed by atoms with Crippen molar-refractivity contribution in [3.05, 3.63) is 71.8 Å². The molecule has 3 rings (SSSR count). The zero-order chi connectivity index (χ0) is 18.5. The van der Waals surface area contributed by atoms with Crippen molar-refractivity contribution >= 4 is 11.9 Å². The van der Waals surface area contributed by atoms with Gasteiger partial charge in [0.25, 0.3) is 0 Å². The number of aliphatic hydroxyl groups is 2. The van der Waals surface area contributed by atoms with Gasteiger partial charge < -0.3 is 24.4 Å². The number of rotatable bonds is 5. The minimum absolute atomic E-state index is 0.283. The predicted octanol–water partition coefficient (Wildman–Crippen LogP) is 1.15. The van der Waals surface area contributed by atoms with Crippen LogP contribution in [-0.2, 0) is 14.2 Å². The second kappa shape index (κ2) is 8.09. The van der Waals surface area contributed by atoms with Crippen molar-refractivity contribution in [2.75, 3.05) is 6.61 Å². The number of carbonyl (C=O) groups excluding carboxylic acids is 2. The van der Waals surface area contributed by atoms with E-state index < -0.39 is 36.5 Å². The van der Waals surface area contributed by atoms with Gasteiger partial charge in [0.2, 0.25) is 0 Å². The van der Waals surface area contributed by atoms with Gasteiger partial charge in [-0.25, -0.2) is 9.59 Å². The third kappa shape index (κ3) is 4.08. The predicted molar refractivity (Wildman–Crippen MR) is 89.3 cm³/mol. The molecule has 0 aromatic heterocycles. The van der Waals surface area contributed by atoms with Crippen LogP contribution in [0.3, 0.4) is 0 Å². The SMILES string of the molecule is O=C(OC[C@H]1O[C@@H](O)C(O)C1OC(=O)c1ccccc1)c1ccccc1. The molecule has 0 aliphatic carbocycles. The molecule has 2 aromatic rings. The Bertz CT molecular complexity index is 747. The van der Waals surface area contributed by atoms with Crippen LogP contribution < -0.4 is 0 Å². The molecule has 7 nitrogen and oxygen atoms in total. The molecule has 136 valence electrons. The molecule has 0 bridgehead atoms. The summed E-state index contributed by atoms with van der Waals surface area (Å²) in [4.78, 5) is 24.2. The van der Waals surface area contributed by atoms with E-state index in [0.717, 1.165) is 0 Å². The van der Waals surface area contributed by atoms with Gasteiger partial charge in [-0.15, -0.1) is 0 Å². The minimum atomic E-state index is -1.54. The summed E-state index contributed by atoms with van der Waals surface area (Å²) < 4.78 is 15.6. The molecule has 26 heavy (non-hydrogen) atoms. The molecule has 2 aromatic carbocycles. The first-order valence-corrected chi connectivity index (χ1v) is 8.06. The second-order valence-corrected chi connectivity index (χ2v) is 5.76. The van der Waals surface area contributed by atoms with Crippen LogP contribution in [0.5, 0.6) is 0 Å². The lowest BCUT2D eigenvalue weighted by Gasteiger charge is -2.20. The molecule has 2 unspecified atom stereocenters. The molecular weight excluding hydrogens is 340 g/mol. The van der Waals surface area contributed by atoms with Crippen LogP contribution in [0.1, 0.15) is 20.7 Å². The molecule has 2 N–H and O–H groups in total. The monoisotopic (exact) mass is 358 g/mol. The molecule has 4 atom stereocenters. The number of esters is 2. The number of ether oxygens (including phenoxy) is 3. The van der Waals surface area contributed by atoms with Crippen molar-refractivity contribution in [2.24, 2.45) is 0 Å². The molecule has 1 fully saturated rings.